The summed E-state index contributed by atoms with van der Waals surface area (Å²) in [4.78, 5) is 32.2. The van der Waals surface area contributed by atoms with E-state index in [1.165, 1.54) is 10.5 Å². The van der Waals surface area contributed by atoms with Crippen molar-refractivity contribution in [2.45, 2.75) is 19.5 Å². The molecule has 2 aromatic carbocycles. The van der Waals surface area contributed by atoms with Crippen molar-refractivity contribution in [3.63, 3.8) is 0 Å². The van der Waals surface area contributed by atoms with Crippen LogP contribution in [0, 0.1) is 0 Å². The van der Waals surface area contributed by atoms with Crippen molar-refractivity contribution in [3.8, 4) is 11.3 Å². The molecule has 0 unspecified atom stereocenters. The van der Waals surface area contributed by atoms with E-state index in [9.17, 15) is 14.7 Å². The minimum absolute atomic E-state index is 0.136. The molecule has 3 aromatic rings. The molecule has 0 saturated carbocycles. The monoisotopic (exact) mass is 452 g/mol. The number of piperazine rings is 1. The van der Waals surface area contributed by atoms with Crippen LogP contribution in [0.15, 0.2) is 48.5 Å². The Morgan fingerprint density at radius 2 is 1.91 bits per heavy atom. The van der Waals surface area contributed by atoms with E-state index in [-0.39, 0.29) is 11.9 Å². The highest BCUT2D eigenvalue weighted by Crippen LogP contribution is 2.29. The number of carbonyl (C=O) groups excluding carboxylic acids is 1. The molecule has 1 fully saturated rings. The van der Waals surface area contributed by atoms with Crippen LogP contribution in [0.5, 0.6) is 0 Å². The number of halogens is 1. The Kier molecular flexibility index (Phi) is 6.30. The van der Waals surface area contributed by atoms with E-state index in [0.29, 0.717) is 35.7 Å². The van der Waals surface area contributed by atoms with Crippen molar-refractivity contribution in [1.29, 1.82) is 0 Å². The number of hydrogen-bond acceptors (Lipinski definition) is 4. The van der Waals surface area contributed by atoms with Crippen molar-refractivity contribution in [3.05, 3.63) is 64.7 Å². The van der Waals surface area contributed by atoms with Crippen LogP contribution in [0.4, 0.5) is 4.79 Å². The van der Waals surface area contributed by atoms with Crippen LogP contribution in [0.25, 0.3) is 22.2 Å². The van der Waals surface area contributed by atoms with E-state index >= 15 is 0 Å². The average molecular weight is 453 g/mol. The summed E-state index contributed by atoms with van der Waals surface area (Å²) in [5.74, 6) is -0.136. The molecule has 32 heavy (non-hydrogen) atoms. The maximum absolute atomic E-state index is 13.1. The van der Waals surface area contributed by atoms with Crippen LogP contribution in [0.2, 0.25) is 5.02 Å². The van der Waals surface area contributed by atoms with E-state index in [2.05, 4.69) is 5.32 Å². The molecule has 7 nitrogen and oxygen atoms in total. The predicted molar refractivity (Wildman–Crippen MR) is 125 cm³/mol. The van der Waals surface area contributed by atoms with Crippen LogP contribution in [0.1, 0.15) is 22.8 Å². The molecular weight excluding hydrogens is 428 g/mol. The van der Waals surface area contributed by atoms with Crippen LogP contribution in [0.3, 0.4) is 0 Å². The van der Waals surface area contributed by atoms with Gasteiger partial charge in [0.05, 0.1) is 16.2 Å². The SMILES string of the molecule is CNCc1ccc(-c2cc(Cl)c3ccc(C(=O)N4CCN(C(=O)O)[C@H](C)C4)cc3n2)cc1. The van der Waals surface area contributed by atoms with E-state index in [1.807, 2.05) is 50.4 Å². The normalized spacial score (nSPS) is 16.4. The van der Waals surface area contributed by atoms with Gasteiger partial charge in [0.25, 0.3) is 5.91 Å². The van der Waals surface area contributed by atoms with Crippen LogP contribution in [-0.2, 0) is 6.54 Å². The van der Waals surface area contributed by atoms with Gasteiger partial charge in [-0.1, -0.05) is 41.9 Å². The summed E-state index contributed by atoms with van der Waals surface area (Å²) in [6, 6.07) is 15.0. The van der Waals surface area contributed by atoms with Crippen molar-refractivity contribution < 1.29 is 14.7 Å². The van der Waals surface area contributed by atoms with Crippen molar-refractivity contribution in [1.82, 2.24) is 20.1 Å². The summed E-state index contributed by atoms with van der Waals surface area (Å²) in [5.41, 5.74) is 4.03. The molecule has 8 heteroatoms. The summed E-state index contributed by atoms with van der Waals surface area (Å²) in [7, 11) is 1.91. The number of benzene rings is 2. The van der Waals surface area contributed by atoms with Gasteiger partial charge < -0.3 is 20.2 Å². The molecule has 2 N–H and O–H groups in total. The standard InChI is InChI=1S/C24H25ClN4O3/c1-15-14-28(9-10-29(15)24(31)32)23(30)18-7-8-19-20(25)12-21(27-22(19)11-18)17-5-3-16(4-6-17)13-26-2/h3-8,11-12,15,26H,9-10,13-14H2,1-2H3,(H,31,32)/t15-/m1/s1. The van der Waals surface area contributed by atoms with Crippen molar-refractivity contribution >= 4 is 34.5 Å². The van der Waals surface area contributed by atoms with Crippen molar-refractivity contribution in [2.24, 2.45) is 0 Å². The molecule has 0 aliphatic carbocycles. The molecule has 2 heterocycles. The number of carboxylic acid groups (broad SMARTS) is 1. The third-order valence-electron chi connectivity index (χ3n) is 5.80. The van der Waals surface area contributed by atoms with E-state index in [0.717, 1.165) is 23.2 Å². The Morgan fingerprint density at radius 3 is 2.56 bits per heavy atom. The molecule has 1 aromatic heterocycles. The summed E-state index contributed by atoms with van der Waals surface area (Å²) in [5, 5.41) is 13.7. The van der Waals surface area contributed by atoms with Crippen LogP contribution >= 0.6 is 11.6 Å². The lowest BCUT2D eigenvalue weighted by atomic mass is 10.1. The first-order chi connectivity index (χ1) is 15.4. The highest BCUT2D eigenvalue weighted by molar-refractivity contribution is 6.35. The smallest absolute Gasteiger partial charge is 0.407 e. The lowest BCUT2D eigenvalue weighted by Crippen LogP contribution is -2.55. The fraction of sp³-hybridized carbons (Fsp3) is 0.292. The van der Waals surface area contributed by atoms with Gasteiger partial charge in [0.2, 0.25) is 0 Å². The lowest BCUT2D eigenvalue weighted by Gasteiger charge is -2.38. The van der Waals surface area contributed by atoms with Gasteiger partial charge >= 0.3 is 6.09 Å². The molecule has 1 aliphatic rings. The third kappa shape index (κ3) is 4.40. The number of amides is 2. The molecule has 1 atom stereocenters. The molecule has 2 amide bonds. The summed E-state index contributed by atoms with van der Waals surface area (Å²) < 4.78 is 0. The third-order valence-corrected chi connectivity index (χ3v) is 6.11. The number of hydrogen-bond donors (Lipinski definition) is 2. The van der Waals surface area contributed by atoms with Gasteiger partial charge in [-0.2, -0.15) is 0 Å². The van der Waals surface area contributed by atoms with Gasteiger partial charge in [0.15, 0.2) is 0 Å². The van der Waals surface area contributed by atoms with Gasteiger partial charge in [-0.3, -0.25) is 4.79 Å². The van der Waals surface area contributed by atoms with E-state index < -0.39 is 6.09 Å². The number of nitrogens with zero attached hydrogens (tertiary/aromatic N) is 3. The number of pyridine rings is 1. The minimum atomic E-state index is -0.958. The first-order valence-corrected chi connectivity index (χ1v) is 10.9. The summed E-state index contributed by atoms with van der Waals surface area (Å²) in [6.07, 6.45) is -0.958. The Bertz CT molecular complexity index is 1170. The van der Waals surface area contributed by atoms with Gasteiger partial charge in [-0.05, 0) is 37.7 Å². The highest BCUT2D eigenvalue weighted by Gasteiger charge is 2.30. The second-order valence-corrected chi connectivity index (χ2v) is 8.43. The van der Waals surface area contributed by atoms with Gasteiger partial charge in [-0.25, -0.2) is 9.78 Å². The quantitative estimate of drug-likeness (QED) is 0.622. The van der Waals surface area contributed by atoms with Gasteiger partial charge in [0.1, 0.15) is 0 Å². The van der Waals surface area contributed by atoms with Crippen LogP contribution in [-0.4, -0.2) is 64.6 Å². The summed E-state index contributed by atoms with van der Waals surface area (Å²) in [6.45, 7) is 3.62. The lowest BCUT2D eigenvalue weighted by molar-refractivity contribution is 0.0507. The minimum Gasteiger partial charge on any atom is -0.465 e. The number of fused-ring (bicyclic) bond motifs is 1. The molecule has 0 radical (unpaired) electrons. The molecule has 1 saturated heterocycles. The Hall–Kier alpha value is -3.16. The molecular formula is C24H25ClN4O3. The number of carbonyl (C=O) groups is 2. The first kappa shape index (κ1) is 22.0. The molecule has 1 aliphatic heterocycles. The molecule has 166 valence electrons. The first-order valence-electron chi connectivity index (χ1n) is 10.5. The summed E-state index contributed by atoms with van der Waals surface area (Å²) >= 11 is 6.53. The van der Waals surface area contributed by atoms with Gasteiger partial charge in [0, 0.05) is 48.7 Å². The number of aromatic nitrogens is 1. The molecule has 4 rings (SSSR count). The highest BCUT2D eigenvalue weighted by atomic mass is 35.5. The Balaban J connectivity index is 1.62. The fourth-order valence-electron chi connectivity index (χ4n) is 4.07. The second kappa shape index (κ2) is 9.14. The molecule has 0 spiro atoms. The maximum Gasteiger partial charge on any atom is 0.407 e. The zero-order valence-corrected chi connectivity index (χ0v) is 18.8. The van der Waals surface area contributed by atoms with E-state index in [1.54, 1.807) is 17.0 Å². The number of nitrogens with one attached hydrogen (secondary N) is 1. The largest absolute Gasteiger partial charge is 0.465 e. The van der Waals surface area contributed by atoms with Gasteiger partial charge in [-0.15, -0.1) is 0 Å². The Labute approximate surface area is 191 Å². The molecule has 0 bridgehead atoms. The zero-order valence-electron chi connectivity index (χ0n) is 18.0. The van der Waals surface area contributed by atoms with Crippen molar-refractivity contribution in [2.75, 3.05) is 26.7 Å². The second-order valence-electron chi connectivity index (χ2n) is 8.02. The average Bonchev–Trinajstić information content (AvgIpc) is 2.78. The zero-order chi connectivity index (χ0) is 22.8. The van der Waals surface area contributed by atoms with E-state index in [4.69, 9.17) is 16.6 Å². The maximum atomic E-state index is 13.1. The van der Waals surface area contributed by atoms with Crippen LogP contribution < -0.4 is 5.32 Å². The topological polar surface area (TPSA) is 85.8 Å². The predicted octanol–water partition coefficient (Wildman–Crippen LogP) is 4.10. The number of rotatable bonds is 4. The fourth-order valence-corrected chi connectivity index (χ4v) is 4.34. The Morgan fingerprint density at radius 1 is 1.16 bits per heavy atom.